The van der Waals surface area contributed by atoms with Crippen LogP contribution in [0.3, 0.4) is 0 Å². The molecule has 5 N–H and O–H groups in total. The van der Waals surface area contributed by atoms with Crippen LogP contribution in [0.5, 0.6) is 0 Å². The SMILES string of the molecule is [2H]N[C@H](CC(C)C)C(=O)N[C@H](Cc1cnc[nH]1)C(=O)O. The van der Waals surface area contributed by atoms with Gasteiger partial charge < -0.3 is 21.1 Å². The van der Waals surface area contributed by atoms with Gasteiger partial charge in [0.05, 0.1) is 12.4 Å². The molecule has 0 spiro atoms. The summed E-state index contributed by atoms with van der Waals surface area (Å²) in [6.07, 6.45) is 3.54. The first-order valence-corrected chi connectivity index (χ1v) is 6.11. The maximum absolute atomic E-state index is 12.0. The minimum atomic E-state index is -1.12. The van der Waals surface area contributed by atoms with Crippen molar-refractivity contribution in [3.8, 4) is 0 Å². The molecule has 0 bridgehead atoms. The summed E-state index contributed by atoms with van der Waals surface area (Å²) in [6, 6.07) is -1.77. The normalized spacial score (nSPS) is 14.8. The van der Waals surface area contributed by atoms with Crippen LogP contribution in [-0.2, 0) is 16.0 Å². The summed E-state index contributed by atoms with van der Waals surface area (Å²) in [5, 5.41) is 11.6. The lowest BCUT2D eigenvalue weighted by Crippen LogP contribution is -2.49. The van der Waals surface area contributed by atoms with Gasteiger partial charge in [0, 0.05) is 18.3 Å². The number of hydrogen-bond donors (Lipinski definition) is 4. The highest BCUT2D eigenvalue weighted by molar-refractivity contribution is 5.86. The van der Waals surface area contributed by atoms with Gasteiger partial charge in [0.25, 0.3) is 0 Å². The molecular weight excluding hydrogens is 248 g/mol. The first-order valence-electron chi connectivity index (χ1n) is 6.61. The number of nitrogens with one attached hydrogen (secondary N) is 2. The van der Waals surface area contributed by atoms with Gasteiger partial charge in [-0.25, -0.2) is 9.78 Å². The number of carboxylic acid groups (broad SMARTS) is 1. The Morgan fingerprint density at radius 2 is 2.37 bits per heavy atom. The van der Waals surface area contributed by atoms with Crippen LogP contribution >= 0.6 is 0 Å². The number of aliphatic carboxylic acids is 1. The quantitative estimate of drug-likeness (QED) is 0.525. The molecule has 0 unspecified atom stereocenters. The number of carboxylic acids is 1. The zero-order valence-electron chi connectivity index (χ0n) is 12.0. The van der Waals surface area contributed by atoms with Gasteiger partial charge in [0.15, 0.2) is 0 Å². The molecule has 7 nitrogen and oxygen atoms in total. The molecule has 0 aliphatic heterocycles. The van der Waals surface area contributed by atoms with E-state index in [-0.39, 0.29) is 12.3 Å². The predicted octanol–water partition coefficient (Wildman–Crippen LogP) is -0.105. The number of hydrogen-bond acceptors (Lipinski definition) is 4. The van der Waals surface area contributed by atoms with E-state index in [2.05, 4.69) is 21.0 Å². The standard InChI is InChI=1S/C12H20N4O3/c1-7(2)3-9(13)11(17)16-10(12(18)19)4-8-5-14-6-15-8/h5-7,9-10H,3-4,13H2,1-2H3,(H,14,15)(H,16,17)(H,18,19)/t9-,10-/m1/s1/i/hD. The summed E-state index contributed by atoms with van der Waals surface area (Å²) >= 11 is 0. The predicted molar refractivity (Wildman–Crippen MR) is 69.3 cm³/mol. The molecule has 0 aliphatic carbocycles. The maximum atomic E-state index is 12.0. The average molecular weight is 269 g/mol. The monoisotopic (exact) mass is 269 g/mol. The molecule has 19 heavy (non-hydrogen) atoms. The largest absolute Gasteiger partial charge is 0.480 e. The zero-order chi connectivity index (χ0) is 15.1. The second-order valence-corrected chi connectivity index (χ2v) is 4.86. The fourth-order valence-corrected chi connectivity index (χ4v) is 1.67. The van der Waals surface area contributed by atoms with E-state index in [1.165, 1.54) is 12.5 Å². The molecule has 0 saturated carbocycles. The number of aromatic nitrogens is 2. The van der Waals surface area contributed by atoms with Crippen LogP contribution in [0.2, 0.25) is 1.41 Å². The van der Waals surface area contributed by atoms with E-state index < -0.39 is 24.0 Å². The molecule has 1 aromatic rings. The Morgan fingerprint density at radius 3 is 2.84 bits per heavy atom. The number of rotatable bonds is 8. The molecule has 1 amide bonds. The number of H-pyrrole nitrogens is 1. The van der Waals surface area contributed by atoms with Crippen LogP contribution in [0, 0.1) is 5.92 Å². The Balaban J connectivity index is 2.64. The molecule has 1 rings (SSSR count). The van der Waals surface area contributed by atoms with Crippen LogP contribution in [0.15, 0.2) is 12.5 Å². The molecule has 1 heterocycles. The highest BCUT2D eigenvalue weighted by atomic mass is 16.4. The lowest BCUT2D eigenvalue weighted by molar-refractivity contribution is -0.142. The van der Waals surface area contributed by atoms with Gasteiger partial charge >= 0.3 is 5.97 Å². The minimum absolute atomic E-state index is 0.119. The number of aromatic amines is 1. The van der Waals surface area contributed by atoms with Crippen molar-refractivity contribution in [1.29, 1.82) is 0 Å². The second kappa shape index (κ2) is 6.89. The number of imidazole rings is 1. The summed E-state index contributed by atoms with van der Waals surface area (Å²) in [7, 11) is 0. The van der Waals surface area contributed by atoms with E-state index in [4.69, 9.17) is 6.52 Å². The van der Waals surface area contributed by atoms with Gasteiger partial charge in [-0.1, -0.05) is 13.8 Å². The third-order valence-electron chi connectivity index (χ3n) is 2.62. The van der Waals surface area contributed by atoms with Gasteiger partial charge in [-0.05, 0) is 12.3 Å². The summed E-state index contributed by atoms with van der Waals surface area (Å²) < 4.78 is 7.16. The van der Waals surface area contributed by atoms with Crippen molar-refractivity contribution in [2.75, 3.05) is 0 Å². The van der Waals surface area contributed by atoms with E-state index in [1.807, 2.05) is 13.8 Å². The van der Waals surface area contributed by atoms with E-state index in [1.54, 1.807) is 0 Å². The molecule has 2 atom stereocenters. The molecule has 0 aromatic carbocycles. The summed E-state index contributed by atoms with van der Waals surface area (Å²) in [5.41, 5.74) is 2.78. The van der Waals surface area contributed by atoms with Crippen molar-refractivity contribution in [2.45, 2.75) is 38.8 Å². The van der Waals surface area contributed by atoms with Crippen LogP contribution in [-0.4, -0.2) is 39.0 Å². The van der Waals surface area contributed by atoms with Crippen LogP contribution in [0.4, 0.5) is 0 Å². The van der Waals surface area contributed by atoms with Crippen molar-refractivity contribution in [3.05, 3.63) is 18.2 Å². The molecule has 0 aliphatic rings. The number of nitrogens with zero attached hydrogens (tertiary/aromatic N) is 1. The van der Waals surface area contributed by atoms with Gasteiger partial charge in [0.1, 0.15) is 7.45 Å². The Kier molecular flexibility index (Phi) is 4.91. The van der Waals surface area contributed by atoms with E-state index in [9.17, 15) is 9.59 Å². The fourth-order valence-electron chi connectivity index (χ4n) is 1.67. The van der Waals surface area contributed by atoms with E-state index in [0.29, 0.717) is 12.1 Å². The summed E-state index contributed by atoms with van der Waals surface area (Å²) in [4.78, 5) is 29.7. The zero-order valence-corrected chi connectivity index (χ0v) is 11.0. The Hall–Kier alpha value is -1.89. The van der Waals surface area contributed by atoms with E-state index >= 15 is 0 Å². The third kappa shape index (κ3) is 5.09. The van der Waals surface area contributed by atoms with Crippen molar-refractivity contribution in [1.82, 2.24) is 15.3 Å². The number of nitrogens with two attached hydrogens (primary N) is 1. The number of carbonyl (C=O) groups excluding carboxylic acids is 1. The van der Waals surface area contributed by atoms with Crippen LogP contribution in [0.25, 0.3) is 0 Å². The smallest absolute Gasteiger partial charge is 0.326 e. The van der Waals surface area contributed by atoms with Crippen molar-refractivity contribution in [2.24, 2.45) is 11.6 Å². The van der Waals surface area contributed by atoms with Crippen molar-refractivity contribution < 1.29 is 16.1 Å². The average Bonchev–Trinajstić information content (AvgIpc) is 2.87. The lowest BCUT2D eigenvalue weighted by atomic mass is 10.0. The Labute approximate surface area is 113 Å². The lowest BCUT2D eigenvalue weighted by Gasteiger charge is -2.18. The summed E-state index contributed by atoms with van der Waals surface area (Å²) in [6.45, 7) is 3.85. The van der Waals surface area contributed by atoms with Crippen LogP contribution < -0.4 is 11.0 Å². The molecular formula is C12H20N4O3. The highest BCUT2D eigenvalue weighted by Gasteiger charge is 2.24. The number of amides is 1. The third-order valence-corrected chi connectivity index (χ3v) is 2.62. The maximum Gasteiger partial charge on any atom is 0.326 e. The second-order valence-electron chi connectivity index (χ2n) is 4.86. The Morgan fingerprint density at radius 1 is 1.63 bits per heavy atom. The van der Waals surface area contributed by atoms with Crippen molar-refractivity contribution in [3.63, 3.8) is 0 Å². The number of carbonyl (C=O) groups is 2. The van der Waals surface area contributed by atoms with Gasteiger partial charge in [-0.2, -0.15) is 0 Å². The first-order chi connectivity index (χ1) is 9.43. The molecule has 7 heteroatoms. The minimum Gasteiger partial charge on any atom is -0.480 e. The van der Waals surface area contributed by atoms with Crippen LogP contribution in [0.1, 0.15) is 26.0 Å². The fraction of sp³-hybridized carbons (Fsp3) is 0.583. The molecule has 106 valence electrons. The Bertz CT molecular complexity index is 436. The van der Waals surface area contributed by atoms with Crippen molar-refractivity contribution >= 4 is 11.9 Å². The van der Waals surface area contributed by atoms with Gasteiger partial charge in [0.2, 0.25) is 5.91 Å². The topological polar surface area (TPSA) is 121 Å². The highest BCUT2D eigenvalue weighted by Crippen LogP contribution is 2.04. The molecule has 0 saturated heterocycles. The molecule has 0 radical (unpaired) electrons. The van der Waals surface area contributed by atoms with E-state index in [0.717, 1.165) is 0 Å². The molecule has 1 aromatic heterocycles. The first kappa shape index (κ1) is 13.5. The van der Waals surface area contributed by atoms with Gasteiger partial charge in [-0.15, -0.1) is 0 Å². The molecule has 0 fully saturated rings. The van der Waals surface area contributed by atoms with Gasteiger partial charge in [-0.3, -0.25) is 4.79 Å². The summed E-state index contributed by atoms with van der Waals surface area (Å²) in [5.74, 6) is -1.39.